The van der Waals surface area contributed by atoms with Gasteiger partial charge in [0, 0.05) is 6.54 Å². The summed E-state index contributed by atoms with van der Waals surface area (Å²) in [5.41, 5.74) is 0. The molecule has 0 saturated carbocycles. The Bertz CT molecular complexity index is 278. The lowest BCUT2D eigenvalue weighted by atomic mass is 10.2. The SMILES string of the molecule is O=C(O)[C@H]1CN(C(=O)C(F)(F)F)CCO1. The summed E-state index contributed by atoms with van der Waals surface area (Å²) in [7, 11) is 0. The van der Waals surface area contributed by atoms with Crippen molar-refractivity contribution in [1.82, 2.24) is 4.90 Å². The molecule has 1 fully saturated rings. The minimum absolute atomic E-state index is 0.210. The first kappa shape index (κ1) is 11.8. The highest BCUT2D eigenvalue weighted by molar-refractivity contribution is 5.83. The van der Waals surface area contributed by atoms with E-state index in [-0.39, 0.29) is 13.2 Å². The molecule has 0 aromatic rings. The maximum absolute atomic E-state index is 12.0. The molecule has 0 unspecified atom stereocenters. The number of aliphatic carboxylic acids is 1. The molecule has 1 atom stereocenters. The number of nitrogens with zero attached hydrogens (tertiary/aromatic N) is 1. The quantitative estimate of drug-likeness (QED) is 0.677. The average Bonchev–Trinajstić information content (AvgIpc) is 2.15. The number of rotatable bonds is 1. The Hall–Kier alpha value is -1.31. The van der Waals surface area contributed by atoms with Crippen LogP contribution in [0.3, 0.4) is 0 Å². The Morgan fingerprint density at radius 2 is 2.00 bits per heavy atom. The molecule has 1 saturated heterocycles. The lowest BCUT2D eigenvalue weighted by molar-refractivity contribution is -0.192. The molecule has 0 aromatic carbocycles. The molecule has 0 aliphatic carbocycles. The van der Waals surface area contributed by atoms with Crippen LogP contribution in [0, 0.1) is 0 Å². The van der Waals surface area contributed by atoms with Crippen LogP contribution in [-0.4, -0.2) is 53.9 Å². The fourth-order valence-corrected chi connectivity index (χ4v) is 1.16. The zero-order valence-corrected chi connectivity index (χ0v) is 7.45. The van der Waals surface area contributed by atoms with Crippen molar-refractivity contribution in [3.05, 3.63) is 0 Å². The summed E-state index contributed by atoms with van der Waals surface area (Å²) in [6, 6.07) is 0. The summed E-state index contributed by atoms with van der Waals surface area (Å²) < 4.78 is 40.6. The van der Waals surface area contributed by atoms with Gasteiger partial charge >= 0.3 is 18.1 Å². The molecule has 1 amide bonds. The Labute approximate surface area is 82.4 Å². The van der Waals surface area contributed by atoms with Gasteiger partial charge in [0.25, 0.3) is 0 Å². The number of carbonyl (C=O) groups is 2. The summed E-state index contributed by atoms with van der Waals surface area (Å²) in [5.74, 6) is -3.41. The molecule has 15 heavy (non-hydrogen) atoms. The third kappa shape index (κ3) is 2.82. The van der Waals surface area contributed by atoms with Crippen molar-refractivity contribution in [3.8, 4) is 0 Å². The zero-order chi connectivity index (χ0) is 11.6. The van der Waals surface area contributed by atoms with E-state index in [9.17, 15) is 22.8 Å². The maximum Gasteiger partial charge on any atom is 0.471 e. The first-order chi connectivity index (χ1) is 6.82. The molecule has 5 nitrogen and oxygen atoms in total. The monoisotopic (exact) mass is 227 g/mol. The molecule has 1 aliphatic heterocycles. The molecule has 8 heteroatoms. The van der Waals surface area contributed by atoms with Crippen LogP contribution in [0.4, 0.5) is 13.2 Å². The van der Waals surface area contributed by atoms with E-state index < -0.39 is 30.7 Å². The number of ether oxygens (including phenoxy) is 1. The Balaban J connectivity index is 2.64. The summed E-state index contributed by atoms with van der Waals surface area (Å²) in [6.07, 6.45) is -6.36. The molecule has 1 N–H and O–H groups in total. The van der Waals surface area contributed by atoms with Crippen LogP contribution in [0.1, 0.15) is 0 Å². The minimum atomic E-state index is -4.97. The lowest BCUT2D eigenvalue weighted by Crippen LogP contribution is -2.52. The third-order valence-corrected chi connectivity index (χ3v) is 1.87. The second kappa shape index (κ2) is 4.05. The summed E-state index contributed by atoms with van der Waals surface area (Å²) in [4.78, 5) is 21.6. The maximum atomic E-state index is 12.0. The van der Waals surface area contributed by atoms with Crippen LogP contribution in [0.2, 0.25) is 0 Å². The van der Waals surface area contributed by atoms with Gasteiger partial charge in [0.2, 0.25) is 0 Å². The molecule has 0 bridgehead atoms. The van der Waals surface area contributed by atoms with Crippen molar-refractivity contribution in [2.24, 2.45) is 0 Å². The Morgan fingerprint density at radius 1 is 1.40 bits per heavy atom. The van der Waals surface area contributed by atoms with E-state index in [1.165, 1.54) is 0 Å². The number of hydrogen-bond acceptors (Lipinski definition) is 3. The molecule has 1 aliphatic rings. The number of hydrogen-bond donors (Lipinski definition) is 1. The Morgan fingerprint density at radius 3 is 2.47 bits per heavy atom. The normalized spacial score (nSPS) is 22.6. The smallest absolute Gasteiger partial charge is 0.471 e. The number of morpholine rings is 1. The van der Waals surface area contributed by atoms with Crippen molar-refractivity contribution in [2.75, 3.05) is 19.7 Å². The highest BCUT2D eigenvalue weighted by Gasteiger charge is 2.44. The molecule has 86 valence electrons. The first-order valence-corrected chi connectivity index (χ1v) is 4.03. The molecule has 0 aromatic heterocycles. The van der Waals surface area contributed by atoms with E-state index in [1.54, 1.807) is 0 Å². The molecule has 0 spiro atoms. The van der Waals surface area contributed by atoms with Gasteiger partial charge in [-0.1, -0.05) is 0 Å². The highest BCUT2D eigenvalue weighted by Crippen LogP contribution is 2.20. The molecular weight excluding hydrogens is 219 g/mol. The minimum Gasteiger partial charge on any atom is -0.479 e. The number of alkyl halides is 3. The van der Waals surface area contributed by atoms with Gasteiger partial charge in [-0.2, -0.15) is 13.2 Å². The first-order valence-electron chi connectivity index (χ1n) is 4.03. The lowest BCUT2D eigenvalue weighted by Gasteiger charge is -2.31. The second-order valence-corrected chi connectivity index (χ2v) is 2.95. The van der Waals surface area contributed by atoms with E-state index in [4.69, 9.17) is 5.11 Å². The van der Waals surface area contributed by atoms with Crippen molar-refractivity contribution in [2.45, 2.75) is 12.3 Å². The molecule has 0 radical (unpaired) electrons. The van der Waals surface area contributed by atoms with E-state index in [0.29, 0.717) is 4.90 Å². The molecule has 1 heterocycles. The van der Waals surface area contributed by atoms with Crippen molar-refractivity contribution in [3.63, 3.8) is 0 Å². The van der Waals surface area contributed by atoms with Gasteiger partial charge in [-0.3, -0.25) is 4.79 Å². The zero-order valence-electron chi connectivity index (χ0n) is 7.45. The van der Waals surface area contributed by atoms with E-state index in [1.807, 2.05) is 0 Å². The van der Waals surface area contributed by atoms with Crippen LogP contribution < -0.4 is 0 Å². The van der Waals surface area contributed by atoms with Crippen molar-refractivity contribution in [1.29, 1.82) is 0 Å². The number of halogens is 3. The fourth-order valence-electron chi connectivity index (χ4n) is 1.16. The van der Waals surface area contributed by atoms with Gasteiger partial charge in [-0.25, -0.2) is 4.79 Å². The van der Waals surface area contributed by atoms with Crippen LogP contribution >= 0.6 is 0 Å². The average molecular weight is 227 g/mol. The predicted molar refractivity (Wildman–Crippen MR) is 40.0 cm³/mol. The van der Waals surface area contributed by atoms with Crippen LogP contribution in [0.25, 0.3) is 0 Å². The number of carbonyl (C=O) groups excluding carboxylic acids is 1. The van der Waals surface area contributed by atoms with Crippen molar-refractivity contribution >= 4 is 11.9 Å². The van der Waals surface area contributed by atoms with Crippen LogP contribution in [-0.2, 0) is 14.3 Å². The third-order valence-electron chi connectivity index (χ3n) is 1.87. The highest BCUT2D eigenvalue weighted by atomic mass is 19.4. The predicted octanol–water partition coefficient (Wildman–Crippen LogP) is -0.139. The second-order valence-electron chi connectivity index (χ2n) is 2.95. The topological polar surface area (TPSA) is 66.8 Å². The van der Waals surface area contributed by atoms with Gasteiger partial charge in [-0.15, -0.1) is 0 Å². The number of carboxylic acids is 1. The summed E-state index contributed by atoms with van der Waals surface area (Å²) in [6.45, 7) is -1.03. The van der Waals surface area contributed by atoms with E-state index >= 15 is 0 Å². The number of carboxylic acid groups (broad SMARTS) is 1. The van der Waals surface area contributed by atoms with Gasteiger partial charge in [0.15, 0.2) is 6.10 Å². The number of amides is 1. The fraction of sp³-hybridized carbons (Fsp3) is 0.714. The summed E-state index contributed by atoms with van der Waals surface area (Å²) >= 11 is 0. The molecular formula is C7H8F3NO4. The van der Waals surface area contributed by atoms with E-state index in [0.717, 1.165) is 0 Å². The van der Waals surface area contributed by atoms with Crippen LogP contribution in [0.15, 0.2) is 0 Å². The van der Waals surface area contributed by atoms with Gasteiger partial charge in [-0.05, 0) is 0 Å². The molecule has 1 rings (SSSR count). The van der Waals surface area contributed by atoms with Crippen LogP contribution in [0.5, 0.6) is 0 Å². The van der Waals surface area contributed by atoms with Crippen molar-refractivity contribution < 1.29 is 32.6 Å². The summed E-state index contributed by atoms with van der Waals surface area (Å²) in [5, 5.41) is 8.50. The van der Waals surface area contributed by atoms with E-state index in [2.05, 4.69) is 4.74 Å². The standard InChI is InChI=1S/C7H8F3NO4/c8-7(9,10)6(14)11-1-2-15-4(3-11)5(12)13/h4H,1-3H2,(H,12,13)/t4-/m1/s1. The van der Waals surface area contributed by atoms with Gasteiger partial charge in [0.1, 0.15) is 0 Å². The van der Waals surface area contributed by atoms with Gasteiger partial charge in [0.05, 0.1) is 13.2 Å². The Kier molecular flexibility index (Phi) is 3.18. The largest absolute Gasteiger partial charge is 0.479 e. The van der Waals surface area contributed by atoms with Gasteiger partial charge < -0.3 is 14.7 Å².